The summed E-state index contributed by atoms with van der Waals surface area (Å²) in [5.74, 6) is 0. The van der Waals surface area contributed by atoms with E-state index in [0.29, 0.717) is 26.6 Å². The van der Waals surface area contributed by atoms with Crippen LogP contribution >= 0.6 is 46.4 Å². The molecule has 0 saturated carbocycles. The summed E-state index contributed by atoms with van der Waals surface area (Å²) in [6.45, 7) is 0.458. The van der Waals surface area contributed by atoms with E-state index in [-0.39, 0.29) is 0 Å². The lowest BCUT2D eigenvalue weighted by Gasteiger charge is -2.19. The predicted molar refractivity (Wildman–Crippen MR) is 94.6 cm³/mol. The van der Waals surface area contributed by atoms with Gasteiger partial charge in [-0.1, -0.05) is 46.4 Å². The van der Waals surface area contributed by atoms with Gasteiger partial charge in [-0.3, -0.25) is 0 Å². The van der Waals surface area contributed by atoms with Gasteiger partial charge in [-0.05, 0) is 30.3 Å². The molecule has 0 aliphatic heterocycles. The molecular weight excluding hydrogens is 350 g/mol. The summed E-state index contributed by atoms with van der Waals surface area (Å²) in [6.07, 6.45) is 0. The van der Waals surface area contributed by atoms with Gasteiger partial charge in [0.15, 0.2) is 0 Å². The molecule has 0 atom stereocenters. The zero-order valence-electron chi connectivity index (χ0n) is 11.6. The van der Waals surface area contributed by atoms with E-state index in [0.717, 1.165) is 16.9 Å². The third kappa shape index (κ3) is 3.89. The molecule has 112 valence electrons. The second kappa shape index (κ2) is 6.97. The Morgan fingerprint density at radius 2 is 1.62 bits per heavy atom. The van der Waals surface area contributed by atoms with Crippen LogP contribution in [0, 0.1) is 0 Å². The molecule has 0 aromatic heterocycles. The fourth-order valence-corrected chi connectivity index (χ4v) is 2.81. The number of halogens is 4. The van der Waals surface area contributed by atoms with Crippen molar-refractivity contribution in [2.45, 2.75) is 6.54 Å². The van der Waals surface area contributed by atoms with E-state index in [2.05, 4.69) is 5.32 Å². The summed E-state index contributed by atoms with van der Waals surface area (Å²) >= 11 is 24.5. The molecule has 21 heavy (non-hydrogen) atoms. The van der Waals surface area contributed by atoms with Gasteiger partial charge in [0.05, 0.1) is 21.4 Å². The van der Waals surface area contributed by atoms with Gasteiger partial charge in [0.1, 0.15) is 0 Å². The molecule has 0 fully saturated rings. The third-order valence-corrected chi connectivity index (χ3v) is 4.47. The maximum Gasteiger partial charge on any atom is 0.0657 e. The van der Waals surface area contributed by atoms with Crippen molar-refractivity contribution in [3.63, 3.8) is 0 Å². The Balaban J connectivity index is 2.29. The number of hydrogen-bond donors (Lipinski definition) is 1. The molecule has 2 aromatic carbocycles. The Morgan fingerprint density at radius 1 is 0.952 bits per heavy atom. The molecule has 1 N–H and O–H groups in total. The number of nitrogens with one attached hydrogen (secondary N) is 1. The topological polar surface area (TPSA) is 15.3 Å². The van der Waals surface area contributed by atoms with E-state index < -0.39 is 0 Å². The van der Waals surface area contributed by atoms with E-state index in [9.17, 15) is 0 Å². The van der Waals surface area contributed by atoms with Gasteiger partial charge in [0.2, 0.25) is 0 Å². The van der Waals surface area contributed by atoms with Gasteiger partial charge in [0, 0.05) is 36.2 Å². The Morgan fingerprint density at radius 3 is 2.29 bits per heavy atom. The molecule has 0 amide bonds. The Hall–Kier alpha value is -0.800. The number of hydrogen-bond acceptors (Lipinski definition) is 2. The van der Waals surface area contributed by atoms with E-state index in [1.807, 2.05) is 37.2 Å². The zero-order valence-corrected chi connectivity index (χ0v) is 14.6. The van der Waals surface area contributed by atoms with Crippen molar-refractivity contribution < 1.29 is 0 Å². The highest BCUT2D eigenvalue weighted by atomic mass is 35.5. The van der Waals surface area contributed by atoms with E-state index in [4.69, 9.17) is 46.4 Å². The van der Waals surface area contributed by atoms with Gasteiger partial charge in [-0.15, -0.1) is 0 Å². The maximum absolute atomic E-state index is 6.21. The molecule has 0 aliphatic carbocycles. The average Bonchev–Trinajstić information content (AvgIpc) is 2.43. The zero-order chi connectivity index (χ0) is 15.6. The quantitative estimate of drug-likeness (QED) is 0.672. The van der Waals surface area contributed by atoms with Gasteiger partial charge >= 0.3 is 0 Å². The lowest BCUT2D eigenvalue weighted by Crippen LogP contribution is -2.12. The molecule has 2 aromatic rings. The van der Waals surface area contributed by atoms with Crippen LogP contribution in [0.2, 0.25) is 20.1 Å². The first-order valence-electron chi connectivity index (χ1n) is 6.23. The van der Waals surface area contributed by atoms with Gasteiger partial charge < -0.3 is 10.2 Å². The Kier molecular flexibility index (Phi) is 5.50. The number of nitrogens with zero attached hydrogens (tertiary/aromatic N) is 1. The van der Waals surface area contributed by atoms with Crippen LogP contribution in [-0.2, 0) is 6.54 Å². The fraction of sp³-hybridized carbons (Fsp3) is 0.200. The highest BCUT2D eigenvalue weighted by Gasteiger charge is 2.11. The van der Waals surface area contributed by atoms with Crippen LogP contribution < -0.4 is 10.2 Å². The number of rotatable bonds is 4. The molecule has 6 heteroatoms. The molecule has 0 saturated heterocycles. The minimum Gasteiger partial charge on any atom is -0.379 e. The van der Waals surface area contributed by atoms with Crippen LogP contribution in [0.15, 0.2) is 30.3 Å². The third-order valence-electron chi connectivity index (χ3n) is 3.03. The SMILES string of the molecule is CN(C)c1ccc(Cl)cc1NCc1c(Cl)ccc(Cl)c1Cl. The van der Waals surface area contributed by atoms with E-state index in [1.165, 1.54) is 0 Å². The van der Waals surface area contributed by atoms with Crippen LogP contribution in [0.5, 0.6) is 0 Å². The molecule has 0 unspecified atom stereocenters. The summed E-state index contributed by atoms with van der Waals surface area (Å²) in [6, 6.07) is 9.08. The summed E-state index contributed by atoms with van der Waals surface area (Å²) in [5, 5.41) is 5.49. The molecule has 0 spiro atoms. The van der Waals surface area contributed by atoms with Crippen LogP contribution in [-0.4, -0.2) is 14.1 Å². The highest BCUT2D eigenvalue weighted by Crippen LogP contribution is 2.33. The molecule has 2 rings (SSSR count). The average molecular weight is 364 g/mol. The largest absolute Gasteiger partial charge is 0.379 e. The molecule has 0 radical (unpaired) electrons. The molecule has 0 heterocycles. The standard InChI is InChI=1S/C15H14Cl4N2/c1-21(2)14-6-3-9(16)7-13(14)20-8-10-11(17)4-5-12(18)15(10)19/h3-7,20H,8H2,1-2H3. The van der Waals surface area contributed by atoms with Gasteiger partial charge in [0.25, 0.3) is 0 Å². The molecule has 0 aliphatic rings. The second-order valence-corrected chi connectivity index (χ2v) is 6.36. The first kappa shape index (κ1) is 16.6. The smallest absolute Gasteiger partial charge is 0.0657 e. The van der Waals surface area contributed by atoms with Crippen molar-refractivity contribution in [1.82, 2.24) is 0 Å². The van der Waals surface area contributed by atoms with Crippen LogP contribution in [0.4, 0.5) is 11.4 Å². The summed E-state index contributed by atoms with van der Waals surface area (Å²) in [4.78, 5) is 2.00. The first-order valence-corrected chi connectivity index (χ1v) is 7.74. The second-order valence-electron chi connectivity index (χ2n) is 4.73. The van der Waals surface area contributed by atoms with E-state index >= 15 is 0 Å². The summed E-state index contributed by atoms with van der Waals surface area (Å²) in [5.41, 5.74) is 2.68. The number of anilines is 2. The van der Waals surface area contributed by atoms with Crippen molar-refractivity contribution >= 4 is 57.8 Å². The first-order chi connectivity index (χ1) is 9.90. The minimum absolute atomic E-state index is 0.458. The fourth-order valence-electron chi connectivity index (χ4n) is 1.95. The monoisotopic (exact) mass is 362 g/mol. The van der Waals surface area contributed by atoms with Crippen LogP contribution in [0.1, 0.15) is 5.56 Å². The maximum atomic E-state index is 6.21. The predicted octanol–water partition coefficient (Wildman–Crippen LogP) is 5.98. The Bertz CT molecular complexity index is 656. The lowest BCUT2D eigenvalue weighted by atomic mass is 10.2. The Labute approximate surface area is 144 Å². The normalized spacial score (nSPS) is 10.6. The van der Waals surface area contributed by atoms with Crippen LogP contribution in [0.25, 0.3) is 0 Å². The molecular formula is C15H14Cl4N2. The summed E-state index contributed by atoms with van der Waals surface area (Å²) in [7, 11) is 3.93. The van der Waals surface area contributed by atoms with Crippen molar-refractivity contribution in [2.24, 2.45) is 0 Å². The van der Waals surface area contributed by atoms with Crippen molar-refractivity contribution in [2.75, 3.05) is 24.3 Å². The minimum atomic E-state index is 0.458. The lowest BCUT2D eigenvalue weighted by molar-refractivity contribution is 1.10. The highest BCUT2D eigenvalue weighted by molar-refractivity contribution is 6.44. The molecule has 0 bridgehead atoms. The van der Waals surface area contributed by atoms with Crippen molar-refractivity contribution in [3.8, 4) is 0 Å². The summed E-state index contributed by atoms with van der Waals surface area (Å²) < 4.78 is 0. The van der Waals surface area contributed by atoms with Crippen molar-refractivity contribution in [1.29, 1.82) is 0 Å². The van der Waals surface area contributed by atoms with Gasteiger partial charge in [-0.2, -0.15) is 0 Å². The van der Waals surface area contributed by atoms with Crippen molar-refractivity contribution in [3.05, 3.63) is 56.0 Å². The van der Waals surface area contributed by atoms with Crippen LogP contribution in [0.3, 0.4) is 0 Å². The van der Waals surface area contributed by atoms with Gasteiger partial charge in [-0.25, -0.2) is 0 Å². The number of benzene rings is 2. The molecule has 2 nitrogen and oxygen atoms in total. The van der Waals surface area contributed by atoms with E-state index in [1.54, 1.807) is 12.1 Å².